The molecule has 5 heteroatoms. The first-order chi connectivity index (χ1) is 15.1. The number of nitrogens with zero attached hydrogens (tertiary/aromatic N) is 1. The summed E-state index contributed by atoms with van der Waals surface area (Å²) >= 11 is 6.08. The van der Waals surface area contributed by atoms with Crippen LogP contribution in [0.3, 0.4) is 0 Å². The predicted molar refractivity (Wildman–Crippen MR) is 127 cm³/mol. The van der Waals surface area contributed by atoms with Gasteiger partial charge in [-0.15, -0.1) is 0 Å². The van der Waals surface area contributed by atoms with Crippen LogP contribution in [0.25, 0.3) is 23.1 Å². The monoisotopic (exact) mass is 428 g/mol. The van der Waals surface area contributed by atoms with Crippen LogP contribution in [0.15, 0.2) is 78.9 Å². The number of benzene rings is 3. The molecule has 31 heavy (non-hydrogen) atoms. The highest BCUT2D eigenvalue weighted by atomic mass is 35.5. The molecule has 1 aromatic heterocycles. The number of hydrogen-bond donors (Lipinski definition) is 1. The number of anilines is 1. The van der Waals surface area contributed by atoms with Gasteiger partial charge < -0.3 is 10.1 Å². The Morgan fingerprint density at radius 3 is 2.71 bits per heavy atom. The molecule has 0 amide bonds. The number of nitrogens with one attached hydrogen (secondary N) is 1. The SMILES string of the molecule is CC(=O)Oc1ccccc1CNc1cccc(C=Cc2ccc3ccc(Cl)cc3n2)c1. The first-order valence-electron chi connectivity index (χ1n) is 9.91. The zero-order chi connectivity index (χ0) is 21.6. The second kappa shape index (κ2) is 9.45. The molecule has 0 bridgehead atoms. The fourth-order valence-corrected chi connectivity index (χ4v) is 3.40. The van der Waals surface area contributed by atoms with Crippen LogP contribution in [0.5, 0.6) is 5.75 Å². The lowest BCUT2D eigenvalue weighted by Crippen LogP contribution is -2.06. The molecule has 0 spiro atoms. The number of carbonyl (C=O) groups is 1. The fraction of sp³-hybridized carbons (Fsp3) is 0.0769. The highest BCUT2D eigenvalue weighted by Gasteiger charge is 2.05. The summed E-state index contributed by atoms with van der Waals surface area (Å²) in [6.45, 7) is 1.95. The fourth-order valence-electron chi connectivity index (χ4n) is 3.23. The van der Waals surface area contributed by atoms with Crippen LogP contribution in [-0.2, 0) is 11.3 Å². The summed E-state index contributed by atoms with van der Waals surface area (Å²) < 4.78 is 5.28. The van der Waals surface area contributed by atoms with Gasteiger partial charge in [0.15, 0.2) is 0 Å². The average molecular weight is 429 g/mol. The zero-order valence-corrected chi connectivity index (χ0v) is 17.8. The van der Waals surface area contributed by atoms with Crippen molar-refractivity contribution in [2.45, 2.75) is 13.5 Å². The molecule has 0 radical (unpaired) electrons. The van der Waals surface area contributed by atoms with E-state index >= 15 is 0 Å². The number of hydrogen-bond acceptors (Lipinski definition) is 4. The molecule has 1 heterocycles. The smallest absolute Gasteiger partial charge is 0.308 e. The van der Waals surface area contributed by atoms with E-state index in [0.717, 1.165) is 33.4 Å². The molecular weight excluding hydrogens is 408 g/mol. The number of pyridine rings is 1. The van der Waals surface area contributed by atoms with Gasteiger partial charge in [0.25, 0.3) is 0 Å². The van der Waals surface area contributed by atoms with Crippen molar-refractivity contribution in [1.82, 2.24) is 4.98 Å². The van der Waals surface area contributed by atoms with Gasteiger partial charge in [-0.1, -0.05) is 60.1 Å². The first kappa shape index (κ1) is 20.6. The van der Waals surface area contributed by atoms with Crippen LogP contribution < -0.4 is 10.1 Å². The van der Waals surface area contributed by atoms with E-state index in [2.05, 4.69) is 16.4 Å². The van der Waals surface area contributed by atoms with Gasteiger partial charge in [-0.05, 0) is 48.0 Å². The van der Waals surface area contributed by atoms with Crippen LogP contribution >= 0.6 is 11.6 Å². The highest BCUT2D eigenvalue weighted by molar-refractivity contribution is 6.31. The summed E-state index contributed by atoms with van der Waals surface area (Å²) in [5, 5.41) is 5.12. The Morgan fingerprint density at radius 1 is 1.00 bits per heavy atom. The number of esters is 1. The number of fused-ring (bicyclic) bond motifs is 1. The number of carbonyl (C=O) groups excluding carboxylic acids is 1. The van der Waals surface area contributed by atoms with Crippen molar-refractivity contribution in [1.29, 1.82) is 0 Å². The molecule has 0 aliphatic carbocycles. The van der Waals surface area contributed by atoms with Crippen molar-refractivity contribution in [3.63, 3.8) is 0 Å². The zero-order valence-electron chi connectivity index (χ0n) is 17.0. The molecule has 0 aliphatic rings. The van der Waals surface area contributed by atoms with Crippen LogP contribution in [0.1, 0.15) is 23.7 Å². The minimum absolute atomic E-state index is 0.329. The molecule has 3 aromatic carbocycles. The number of para-hydroxylation sites is 1. The minimum Gasteiger partial charge on any atom is -0.426 e. The van der Waals surface area contributed by atoms with Gasteiger partial charge >= 0.3 is 5.97 Å². The van der Waals surface area contributed by atoms with E-state index < -0.39 is 0 Å². The van der Waals surface area contributed by atoms with Crippen LogP contribution in [-0.4, -0.2) is 11.0 Å². The molecule has 4 rings (SSSR count). The third-order valence-corrected chi connectivity index (χ3v) is 4.95. The van der Waals surface area contributed by atoms with Crippen LogP contribution in [0.2, 0.25) is 5.02 Å². The average Bonchev–Trinajstić information content (AvgIpc) is 2.77. The second-order valence-electron chi connectivity index (χ2n) is 7.09. The number of aromatic nitrogens is 1. The molecule has 4 nitrogen and oxygen atoms in total. The Labute approximate surface area is 186 Å². The van der Waals surface area contributed by atoms with Gasteiger partial charge in [-0.2, -0.15) is 0 Å². The van der Waals surface area contributed by atoms with Crippen molar-refractivity contribution in [3.8, 4) is 5.75 Å². The van der Waals surface area contributed by atoms with Gasteiger partial charge in [0.1, 0.15) is 5.75 Å². The first-order valence-corrected chi connectivity index (χ1v) is 10.3. The van der Waals surface area contributed by atoms with E-state index in [1.165, 1.54) is 6.92 Å². The van der Waals surface area contributed by atoms with E-state index in [1.807, 2.05) is 78.9 Å². The Hall–Kier alpha value is -3.63. The van der Waals surface area contributed by atoms with Gasteiger partial charge in [-0.3, -0.25) is 4.79 Å². The standard InChI is InChI=1S/C26H21ClN2O2/c1-18(30)31-26-8-3-2-6-21(26)17-28-24-7-4-5-19(15-24)9-13-23-14-11-20-10-12-22(27)16-25(20)29-23/h2-16,28H,17H2,1H3. The van der Waals surface area contributed by atoms with Gasteiger partial charge in [0.2, 0.25) is 0 Å². The minimum atomic E-state index is -0.329. The lowest BCUT2D eigenvalue weighted by atomic mass is 10.1. The maximum Gasteiger partial charge on any atom is 0.308 e. The number of ether oxygens (including phenoxy) is 1. The van der Waals surface area contributed by atoms with Gasteiger partial charge in [0.05, 0.1) is 11.2 Å². The molecule has 1 N–H and O–H groups in total. The lowest BCUT2D eigenvalue weighted by Gasteiger charge is -2.11. The van der Waals surface area contributed by atoms with Gasteiger partial charge in [-0.25, -0.2) is 4.98 Å². The summed E-state index contributed by atoms with van der Waals surface area (Å²) in [6, 6.07) is 25.3. The van der Waals surface area contributed by atoms with Gasteiger partial charge in [0, 0.05) is 35.1 Å². The molecule has 0 aliphatic heterocycles. The lowest BCUT2D eigenvalue weighted by molar-refractivity contribution is -0.131. The number of halogens is 1. The summed E-state index contributed by atoms with van der Waals surface area (Å²) in [5.74, 6) is 0.241. The predicted octanol–water partition coefficient (Wildman–Crippen LogP) is 6.60. The van der Waals surface area contributed by atoms with Crippen molar-refractivity contribution in [3.05, 3.63) is 101 Å². The summed E-state index contributed by atoms with van der Waals surface area (Å²) in [7, 11) is 0. The molecule has 0 unspecified atom stereocenters. The molecule has 0 saturated heterocycles. The van der Waals surface area contributed by atoms with Crippen molar-refractivity contribution < 1.29 is 9.53 Å². The molecule has 154 valence electrons. The normalized spacial score (nSPS) is 11.0. The molecule has 0 saturated carbocycles. The quantitative estimate of drug-likeness (QED) is 0.278. The maximum absolute atomic E-state index is 11.3. The Morgan fingerprint density at radius 2 is 1.84 bits per heavy atom. The largest absolute Gasteiger partial charge is 0.426 e. The van der Waals surface area contributed by atoms with E-state index in [9.17, 15) is 4.79 Å². The van der Waals surface area contributed by atoms with E-state index in [0.29, 0.717) is 17.3 Å². The molecule has 0 atom stereocenters. The molecule has 4 aromatic rings. The topological polar surface area (TPSA) is 51.2 Å². The summed E-state index contributed by atoms with van der Waals surface area (Å²) in [6.07, 6.45) is 4.01. The summed E-state index contributed by atoms with van der Waals surface area (Å²) in [4.78, 5) is 16.0. The van der Waals surface area contributed by atoms with Crippen LogP contribution in [0.4, 0.5) is 5.69 Å². The van der Waals surface area contributed by atoms with Crippen LogP contribution in [0, 0.1) is 0 Å². The van der Waals surface area contributed by atoms with Crippen molar-refractivity contribution >= 4 is 46.3 Å². The summed E-state index contributed by atoms with van der Waals surface area (Å²) in [5.41, 5.74) is 4.67. The highest BCUT2D eigenvalue weighted by Crippen LogP contribution is 2.22. The van der Waals surface area contributed by atoms with Crippen molar-refractivity contribution in [2.75, 3.05) is 5.32 Å². The van der Waals surface area contributed by atoms with E-state index in [4.69, 9.17) is 16.3 Å². The van der Waals surface area contributed by atoms with Crippen molar-refractivity contribution in [2.24, 2.45) is 0 Å². The second-order valence-corrected chi connectivity index (χ2v) is 7.52. The third kappa shape index (κ3) is 5.50. The van der Waals surface area contributed by atoms with E-state index in [-0.39, 0.29) is 5.97 Å². The third-order valence-electron chi connectivity index (χ3n) is 4.72. The Balaban J connectivity index is 1.47. The number of rotatable bonds is 6. The molecule has 0 fully saturated rings. The Bertz CT molecular complexity index is 1270. The maximum atomic E-state index is 11.3. The van der Waals surface area contributed by atoms with E-state index in [1.54, 1.807) is 6.07 Å². The Kier molecular flexibility index (Phi) is 6.29. The molecular formula is C26H21ClN2O2.